The van der Waals surface area contributed by atoms with Crippen molar-refractivity contribution in [2.24, 2.45) is 0 Å². The van der Waals surface area contributed by atoms with Crippen LogP contribution in [0.2, 0.25) is 0 Å². The number of nitrogens with zero attached hydrogens (tertiary/aromatic N) is 2. The number of rotatable bonds is 6. The molecule has 1 saturated carbocycles. The lowest BCUT2D eigenvalue weighted by atomic mass is 9.89. The van der Waals surface area contributed by atoms with Crippen LogP contribution in [0.1, 0.15) is 54.8 Å². The van der Waals surface area contributed by atoms with E-state index in [2.05, 4.69) is 40.2 Å². The monoisotopic (exact) mass is 352 g/mol. The standard InChI is InChI=1S/C22H28N2O2/c1-17-23-21(16-26-17)15-25-14-20-7-5-18(6-8-20)13-19-9-11-24(12-10-19)22-3-2-4-22/h5-8,13,16,22H,2-4,9-12,14-15H2,1H3. The van der Waals surface area contributed by atoms with Crippen LogP contribution in [0.3, 0.4) is 0 Å². The molecule has 1 aromatic heterocycles. The summed E-state index contributed by atoms with van der Waals surface area (Å²) in [6.07, 6.45) is 10.7. The molecule has 1 aromatic carbocycles. The van der Waals surface area contributed by atoms with E-state index < -0.39 is 0 Å². The summed E-state index contributed by atoms with van der Waals surface area (Å²) in [4.78, 5) is 6.94. The predicted molar refractivity (Wildman–Crippen MR) is 103 cm³/mol. The molecule has 0 spiro atoms. The predicted octanol–water partition coefficient (Wildman–Crippen LogP) is 4.73. The van der Waals surface area contributed by atoms with Crippen molar-refractivity contribution in [2.75, 3.05) is 13.1 Å². The average molecular weight is 352 g/mol. The van der Waals surface area contributed by atoms with Crippen molar-refractivity contribution in [3.63, 3.8) is 0 Å². The van der Waals surface area contributed by atoms with Gasteiger partial charge < -0.3 is 9.15 Å². The largest absolute Gasteiger partial charge is 0.449 e. The van der Waals surface area contributed by atoms with Gasteiger partial charge in [0, 0.05) is 26.1 Å². The Morgan fingerprint density at radius 3 is 2.54 bits per heavy atom. The Labute approximate surface area is 155 Å². The smallest absolute Gasteiger partial charge is 0.191 e. The molecule has 2 fully saturated rings. The molecule has 4 nitrogen and oxygen atoms in total. The minimum Gasteiger partial charge on any atom is -0.449 e. The molecular formula is C22H28N2O2. The summed E-state index contributed by atoms with van der Waals surface area (Å²) >= 11 is 0. The molecule has 2 heterocycles. The zero-order valence-corrected chi connectivity index (χ0v) is 15.6. The van der Waals surface area contributed by atoms with E-state index in [4.69, 9.17) is 9.15 Å². The van der Waals surface area contributed by atoms with Crippen LogP contribution < -0.4 is 0 Å². The van der Waals surface area contributed by atoms with Gasteiger partial charge in [0.25, 0.3) is 0 Å². The molecule has 0 radical (unpaired) electrons. The Morgan fingerprint density at radius 1 is 1.15 bits per heavy atom. The number of hydrogen-bond donors (Lipinski definition) is 0. The summed E-state index contributed by atoms with van der Waals surface area (Å²) < 4.78 is 10.9. The Kier molecular flexibility index (Phi) is 5.51. The maximum Gasteiger partial charge on any atom is 0.191 e. The van der Waals surface area contributed by atoms with E-state index in [1.807, 2.05) is 6.92 Å². The van der Waals surface area contributed by atoms with Crippen molar-refractivity contribution in [3.8, 4) is 0 Å². The lowest BCUT2D eigenvalue weighted by Crippen LogP contribution is -2.43. The first-order valence-corrected chi connectivity index (χ1v) is 9.77. The Bertz CT molecular complexity index is 734. The topological polar surface area (TPSA) is 38.5 Å². The van der Waals surface area contributed by atoms with Gasteiger partial charge >= 0.3 is 0 Å². The number of likely N-dealkylation sites (tertiary alicyclic amines) is 1. The third-order valence-corrected chi connectivity index (χ3v) is 5.57. The highest BCUT2D eigenvalue weighted by atomic mass is 16.5. The van der Waals surface area contributed by atoms with Crippen LogP contribution in [-0.2, 0) is 18.0 Å². The molecule has 1 saturated heterocycles. The van der Waals surface area contributed by atoms with Gasteiger partial charge in [-0.2, -0.15) is 0 Å². The van der Waals surface area contributed by atoms with Crippen molar-refractivity contribution in [3.05, 3.63) is 58.8 Å². The average Bonchev–Trinajstić information content (AvgIpc) is 3.02. The molecule has 0 atom stereocenters. The normalized spacial score (nSPS) is 18.7. The fourth-order valence-corrected chi connectivity index (χ4v) is 3.77. The highest BCUT2D eigenvalue weighted by Gasteiger charge is 2.26. The molecule has 1 aliphatic heterocycles. The number of hydrogen-bond acceptors (Lipinski definition) is 4. The first-order chi connectivity index (χ1) is 12.8. The summed E-state index contributed by atoms with van der Waals surface area (Å²) in [6, 6.07) is 9.60. The third-order valence-electron chi connectivity index (χ3n) is 5.57. The number of aromatic nitrogens is 1. The second-order valence-electron chi connectivity index (χ2n) is 7.52. The molecular weight excluding hydrogens is 324 g/mol. The van der Waals surface area contributed by atoms with Gasteiger partial charge in [-0.25, -0.2) is 4.98 Å². The highest BCUT2D eigenvalue weighted by Crippen LogP contribution is 2.29. The first-order valence-electron chi connectivity index (χ1n) is 9.77. The van der Waals surface area contributed by atoms with E-state index >= 15 is 0 Å². The van der Waals surface area contributed by atoms with Crippen molar-refractivity contribution in [2.45, 2.75) is 58.3 Å². The summed E-state index contributed by atoms with van der Waals surface area (Å²) in [5, 5.41) is 0. The van der Waals surface area contributed by atoms with Crippen LogP contribution in [0.15, 0.2) is 40.5 Å². The SMILES string of the molecule is Cc1nc(COCc2ccc(C=C3CCN(C4CCC4)CC3)cc2)co1. The van der Waals surface area contributed by atoms with E-state index in [1.54, 1.807) is 11.8 Å². The van der Waals surface area contributed by atoms with Gasteiger partial charge in [0.1, 0.15) is 12.0 Å². The molecule has 4 rings (SSSR count). The quantitative estimate of drug-likeness (QED) is 0.753. The Hall–Kier alpha value is -1.91. The van der Waals surface area contributed by atoms with Gasteiger partial charge in [0.05, 0.1) is 13.2 Å². The second kappa shape index (κ2) is 8.19. The third kappa shape index (κ3) is 4.43. The van der Waals surface area contributed by atoms with Gasteiger partial charge in [-0.05, 0) is 36.8 Å². The second-order valence-corrected chi connectivity index (χ2v) is 7.52. The molecule has 0 amide bonds. The van der Waals surface area contributed by atoms with Crippen LogP contribution in [-0.4, -0.2) is 29.0 Å². The van der Waals surface area contributed by atoms with Crippen molar-refractivity contribution < 1.29 is 9.15 Å². The fraction of sp³-hybridized carbons (Fsp3) is 0.500. The lowest BCUT2D eigenvalue weighted by Gasteiger charge is -2.40. The maximum atomic E-state index is 5.72. The molecule has 2 aromatic rings. The van der Waals surface area contributed by atoms with E-state index in [0.717, 1.165) is 11.7 Å². The molecule has 2 aliphatic rings. The molecule has 4 heteroatoms. The van der Waals surface area contributed by atoms with Gasteiger partial charge in [-0.3, -0.25) is 4.90 Å². The fourth-order valence-electron chi connectivity index (χ4n) is 3.77. The van der Waals surface area contributed by atoms with Gasteiger partial charge in [-0.15, -0.1) is 0 Å². The first kappa shape index (κ1) is 17.5. The summed E-state index contributed by atoms with van der Waals surface area (Å²) in [7, 11) is 0. The van der Waals surface area contributed by atoms with Crippen molar-refractivity contribution in [1.82, 2.24) is 9.88 Å². The van der Waals surface area contributed by atoms with Crippen LogP contribution in [0.5, 0.6) is 0 Å². The van der Waals surface area contributed by atoms with Crippen LogP contribution >= 0.6 is 0 Å². The number of ether oxygens (including phenoxy) is 1. The van der Waals surface area contributed by atoms with Crippen LogP contribution in [0.4, 0.5) is 0 Å². The van der Waals surface area contributed by atoms with Gasteiger partial charge in [0.15, 0.2) is 5.89 Å². The number of aryl methyl sites for hydroxylation is 1. The molecule has 0 unspecified atom stereocenters. The summed E-state index contributed by atoms with van der Waals surface area (Å²) in [5.41, 5.74) is 4.92. The molecule has 0 N–H and O–H groups in total. The number of piperidine rings is 1. The molecule has 0 bridgehead atoms. The highest BCUT2D eigenvalue weighted by molar-refractivity contribution is 5.53. The molecule has 138 valence electrons. The van der Waals surface area contributed by atoms with Crippen molar-refractivity contribution in [1.29, 1.82) is 0 Å². The minimum absolute atomic E-state index is 0.487. The number of benzene rings is 1. The van der Waals surface area contributed by atoms with E-state index in [9.17, 15) is 0 Å². The maximum absolute atomic E-state index is 5.72. The van der Waals surface area contributed by atoms with E-state index in [0.29, 0.717) is 19.1 Å². The summed E-state index contributed by atoms with van der Waals surface area (Å²) in [6.45, 7) is 5.40. The van der Waals surface area contributed by atoms with Gasteiger partial charge in [-0.1, -0.05) is 42.3 Å². The Morgan fingerprint density at radius 2 is 1.92 bits per heavy atom. The molecule has 26 heavy (non-hydrogen) atoms. The van der Waals surface area contributed by atoms with E-state index in [1.165, 1.54) is 56.3 Å². The van der Waals surface area contributed by atoms with Gasteiger partial charge in [0.2, 0.25) is 0 Å². The zero-order chi connectivity index (χ0) is 17.8. The number of oxazole rings is 1. The zero-order valence-electron chi connectivity index (χ0n) is 15.6. The van der Waals surface area contributed by atoms with E-state index in [-0.39, 0.29) is 0 Å². The van der Waals surface area contributed by atoms with Crippen molar-refractivity contribution >= 4 is 6.08 Å². The summed E-state index contributed by atoms with van der Waals surface area (Å²) in [5.74, 6) is 0.680. The lowest BCUT2D eigenvalue weighted by molar-refractivity contribution is 0.104. The van der Waals surface area contributed by atoms with Crippen LogP contribution in [0.25, 0.3) is 6.08 Å². The minimum atomic E-state index is 0.487. The van der Waals surface area contributed by atoms with Crippen LogP contribution in [0, 0.1) is 6.92 Å². The molecule has 1 aliphatic carbocycles. The Balaban J connectivity index is 1.24.